The van der Waals surface area contributed by atoms with E-state index in [1.807, 2.05) is 31.2 Å². The molecule has 0 aliphatic rings. The van der Waals surface area contributed by atoms with Gasteiger partial charge in [-0.05, 0) is 47.5 Å². The van der Waals surface area contributed by atoms with Crippen LogP contribution in [0.5, 0.6) is 0 Å². The summed E-state index contributed by atoms with van der Waals surface area (Å²) >= 11 is 12.5. The second-order valence-corrected chi connectivity index (χ2v) is 8.71. The van der Waals surface area contributed by atoms with Crippen molar-refractivity contribution in [3.05, 3.63) is 75.9 Å². The number of aryl methyl sites for hydroxylation is 2. The van der Waals surface area contributed by atoms with Crippen molar-refractivity contribution in [1.82, 2.24) is 35.5 Å². The highest BCUT2D eigenvalue weighted by Gasteiger charge is 2.23. The van der Waals surface area contributed by atoms with Gasteiger partial charge in [-0.25, -0.2) is 9.67 Å². The predicted molar refractivity (Wildman–Crippen MR) is 129 cm³/mol. The van der Waals surface area contributed by atoms with Gasteiger partial charge in [0, 0.05) is 17.0 Å². The van der Waals surface area contributed by atoms with Crippen molar-refractivity contribution in [3.8, 4) is 16.9 Å². The maximum absolute atomic E-state index is 12.8. The minimum absolute atomic E-state index is 0.0743. The van der Waals surface area contributed by atoms with E-state index in [-0.39, 0.29) is 29.7 Å². The van der Waals surface area contributed by atoms with Gasteiger partial charge in [-0.1, -0.05) is 53.0 Å². The molecule has 0 radical (unpaired) electrons. The summed E-state index contributed by atoms with van der Waals surface area (Å²) < 4.78 is 1.48. The lowest BCUT2D eigenvalue weighted by molar-refractivity contribution is -0.137. The summed E-state index contributed by atoms with van der Waals surface area (Å²) in [7, 11) is 0. The Hall–Kier alpha value is -3.76. The van der Waals surface area contributed by atoms with E-state index in [0.717, 1.165) is 16.7 Å². The van der Waals surface area contributed by atoms with Crippen LogP contribution in [-0.2, 0) is 16.0 Å². The zero-order chi connectivity index (χ0) is 24.9. The monoisotopic (exact) mass is 513 g/mol. The quantitative estimate of drug-likeness (QED) is 0.308. The zero-order valence-electron chi connectivity index (χ0n) is 18.6. The summed E-state index contributed by atoms with van der Waals surface area (Å²) in [5, 5.41) is 24.1. The SMILES string of the molecule is Cc1ccc(-c2nc([C@H](CC(=O)O)NC(=O)CCc3cc(Cl)ccc3-n3cnnn3)[nH]c2Cl)cc1. The smallest absolute Gasteiger partial charge is 0.305 e. The summed E-state index contributed by atoms with van der Waals surface area (Å²) in [4.78, 5) is 31.7. The molecule has 2 aromatic heterocycles. The van der Waals surface area contributed by atoms with Gasteiger partial charge in [0.2, 0.25) is 5.91 Å². The van der Waals surface area contributed by atoms with Gasteiger partial charge in [0.05, 0.1) is 18.2 Å². The standard InChI is InChI=1S/C23H21Cl2N7O3/c1-13-2-4-14(5-3-13)21-22(25)29-23(28-21)17(11-20(34)35)27-19(33)9-6-15-10-16(24)7-8-18(15)32-12-26-30-31-32/h2-5,7-8,10,12,17H,6,9,11H2,1H3,(H,27,33)(H,28,29)(H,34,35)/t17-/m0/s1. The summed E-state index contributed by atoms with van der Waals surface area (Å²) in [6.45, 7) is 1.97. The van der Waals surface area contributed by atoms with E-state index in [9.17, 15) is 14.7 Å². The van der Waals surface area contributed by atoms with Crippen molar-refractivity contribution in [1.29, 1.82) is 0 Å². The van der Waals surface area contributed by atoms with Crippen molar-refractivity contribution in [2.45, 2.75) is 32.2 Å². The lowest BCUT2D eigenvalue weighted by Gasteiger charge is -2.15. The zero-order valence-corrected chi connectivity index (χ0v) is 20.1. The second kappa shape index (κ2) is 10.7. The maximum Gasteiger partial charge on any atom is 0.305 e. The van der Waals surface area contributed by atoms with E-state index in [1.165, 1.54) is 11.0 Å². The Kier molecular flexibility index (Phi) is 7.42. The first-order valence-corrected chi connectivity index (χ1v) is 11.4. The van der Waals surface area contributed by atoms with Crippen LogP contribution >= 0.6 is 23.2 Å². The third-order valence-electron chi connectivity index (χ3n) is 5.31. The van der Waals surface area contributed by atoms with Gasteiger partial charge in [-0.3, -0.25) is 9.59 Å². The van der Waals surface area contributed by atoms with Gasteiger partial charge >= 0.3 is 5.97 Å². The van der Waals surface area contributed by atoms with Crippen LogP contribution in [0.25, 0.3) is 16.9 Å². The first-order chi connectivity index (χ1) is 16.8. The molecule has 12 heteroatoms. The fourth-order valence-corrected chi connectivity index (χ4v) is 4.03. The molecular weight excluding hydrogens is 493 g/mol. The van der Waals surface area contributed by atoms with E-state index in [0.29, 0.717) is 22.8 Å². The third kappa shape index (κ3) is 6.03. The molecule has 180 valence electrons. The number of nitrogens with zero attached hydrogens (tertiary/aromatic N) is 5. The number of aromatic amines is 1. The summed E-state index contributed by atoms with van der Waals surface area (Å²) in [5.74, 6) is -1.18. The fraction of sp³-hybridized carbons (Fsp3) is 0.217. The Labute approximate surface area is 210 Å². The molecule has 10 nitrogen and oxygen atoms in total. The number of hydrogen-bond donors (Lipinski definition) is 3. The van der Waals surface area contributed by atoms with E-state index in [1.54, 1.807) is 18.2 Å². The van der Waals surface area contributed by atoms with Gasteiger partial charge in [0.25, 0.3) is 0 Å². The number of H-pyrrole nitrogens is 1. The molecule has 0 aliphatic heterocycles. The van der Waals surface area contributed by atoms with Crippen molar-refractivity contribution in [2.75, 3.05) is 0 Å². The van der Waals surface area contributed by atoms with Crippen LogP contribution in [-0.4, -0.2) is 47.2 Å². The number of nitrogens with one attached hydrogen (secondary N) is 2. The molecule has 0 bridgehead atoms. The van der Waals surface area contributed by atoms with Gasteiger partial charge in [-0.15, -0.1) is 5.10 Å². The molecule has 0 unspecified atom stereocenters. The van der Waals surface area contributed by atoms with Gasteiger partial charge in [0.1, 0.15) is 23.0 Å². The molecule has 4 rings (SSSR count). The third-order valence-corrected chi connectivity index (χ3v) is 5.81. The van der Waals surface area contributed by atoms with Crippen LogP contribution in [0, 0.1) is 6.92 Å². The molecule has 2 aromatic carbocycles. The molecule has 0 spiro atoms. The van der Waals surface area contributed by atoms with Crippen molar-refractivity contribution < 1.29 is 14.7 Å². The molecule has 1 amide bonds. The Morgan fingerprint density at radius 3 is 2.63 bits per heavy atom. The van der Waals surface area contributed by atoms with Crippen LogP contribution in [0.1, 0.15) is 35.8 Å². The number of carboxylic acids is 1. The summed E-state index contributed by atoms with van der Waals surface area (Å²) in [6.07, 6.45) is 1.48. The molecular formula is C23H21Cl2N7O3. The molecule has 0 saturated heterocycles. The molecule has 2 heterocycles. The van der Waals surface area contributed by atoms with Crippen molar-refractivity contribution >= 4 is 35.1 Å². The molecule has 0 saturated carbocycles. The van der Waals surface area contributed by atoms with Crippen molar-refractivity contribution in [3.63, 3.8) is 0 Å². The van der Waals surface area contributed by atoms with Crippen LogP contribution in [0.4, 0.5) is 0 Å². The Balaban J connectivity index is 1.50. The average molecular weight is 514 g/mol. The number of amides is 1. The number of hydrogen-bond acceptors (Lipinski definition) is 6. The summed E-state index contributed by atoms with van der Waals surface area (Å²) in [5.41, 5.74) is 3.79. The number of carbonyl (C=O) groups is 2. The van der Waals surface area contributed by atoms with E-state index in [2.05, 4.69) is 30.8 Å². The van der Waals surface area contributed by atoms with Crippen LogP contribution in [0.15, 0.2) is 48.8 Å². The van der Waals surface area contributed by atoms with Crippen molar-refractivity contribution in [2.24, 2.45) is 0 Å². The van der Waals surface area contributed by atoms with Gasteiger partial charge in [0.15, 0.2) is 0 Å². The number of halogens is 2. The average Bonchev–Trinajstić information content (AvgIpc) is 3.48. The van der Waals surface area contributed by atoms with Gasteiger partial charge < -0.3 is 15.4 Å². The van der Waals surface area contributed by atoms with Crippen LogP contribution < -0.4 is 5.32 Å². The minimum atomic E-state index is -1.09. The van der Waals surface area contributed by atoms with Gasteiger partial charge in [-0.2, -0.15) is 0 Å². The molecule has 4 aromatic rings. The number of rotatable bonds is 9. The van der Waals surface area contributed by atoms with Crippen LogP contribution in [0.2, 0.25) is 10.2 Å². The van der Waals surface area contributed by atoms with E-state index in [4.69, 9.17) is 23.2 Å². The van der Waals surface area contributed by atoms with Crippen LogP contribution in [0.3, 0.4) is 0 Å². The Morgan fingerprint density at radius 2 is 1.94 bits per heavy atom. The number of aromatic nitrogens is 6. The lowest BCUT2D eigenvalue weighted by Crippen LogP contribution is -2.31. The number of carboxylic acid groups (broad SMARTS) is 1. The number of aliphatic carboxylic acids is 1. The fourth-order valence-electron chi connectivity index (χ4n) is 3.59. The highest BCUT2D eigenvalue weighted by molar-refractivity contribution is 6.32. The number of imidazole rings is 1. The largest absolute Gasteiger partial charge is 0.481 e. The number of tetrazole rings is 1. The second-order valence-electron chi connectivity index (χ2n) is 7.90. The number of benzene rings is 2. The normalized spacial score (nSPS) is 11.9. The minimum Gasteiger partial charge on any atom is -0.481 e. The van der Waals surface area contributed by atoms with E-state index >= 15 is 0 Å². The number of carbonyl (C=O) groups excluding carboxylic acids is 1. The molecule has 0 aliphatic carbocycles. The topological polar surface area (TPSA) is 139 Å². The first kappa shape index (κ1) is 24.4. The molecule has 1 atom stereocenters. The Morgan fingerprint density at radius 1 is 1.17 bits per heavy atom. The Bertz CT molecular complexity index is 1340. The molecule has 3 N–H and O–H groups in total. The highest BCUT2D eigenvalue weighted by Crippen LogP contribution is 2.29. The highest BCUT2D eigenvalue weighted by atomic mass is 35.5. The summed E-state index contributed by atoms with van der Waals surface area (Å²) in [6, 6.07) is 11.9. The molecule has 0 fully saturated rings. The predicted octanol–water partition coefficient (Wildman–Crippen LogP) is 3.93. The lowest BCUT2D eigenvalue weighted by atomic mass is 10.1. The molecule has 35 heavy (non-hydrogen) atoms. The van der Waals surface area contributed by atoms with E-state index < -0.39 is 12.0 Å². The first-order valence-electron chi connectivity index (χ1n) is 10.7. The maximum atomic E-state index is 12.8.